The van der Waals surface area contributed by atoms with Gasteiger partial charge >= 0.3 is 0 Å². The lowest BCUT2D eigenvalue weighted by molar-refractivity contribution is 0.151. The fraction of sp³-hybridized carbons (Fsp3) is 1.00. The molecule has 0 unspecified atom stereocenters. The molecule has 0 amide bonds. The van der Waals surface area contributed by atoms with Gasteiger partial charge in [-0.05, 0) is 31.7 Å². The Morgan fingerprint density at radius 1 is 1.06 bits per heavy atom. The minimum Gasteiger partial charge on any atom is -0.302 e. The van der Waals surface area contributed by atoms with Gasteiger partial charge in [-0.3, -0.25) is 4.90 Å². The second-order valence-corrected chi connectivity index (χ2v) is 5.40. The number of alkyl halides is 1. The van der Waals surface area contributed by atoms with Crippen molar-refractivity contribution in [2.24, 2.45) is 5.92 Å². The summed E-state index contributed by atoms with van der Waals surface area (Å²) in [4.78, 5) is 4.85. The number of halogens is 1. The highest BCUT2D eigenvalue weighted by molar-refractivity contribution is 4.77. The first-order valence-electron chi connectivity index (χ1n) is 6.86. The third kappa shape index (κ3) is 3.42. The number of hydrogen-bond donors (Lipinski definition) is 0. The first kappa shape index (κ1) is 12.3. The highest BCUT2D eigenvalue weighted by atomic mass is 19.1. The van der Waals surface area contributed by atoms with E-state index in [-0.39, 0.29) is 0 Å². The highest BCUT2D eigenvalue weighted by Gasteiger charge is 2.23. The molecule has 0 spiro atoms. The topological polar surface area (TPSA) is 6.48 Å². The largest absolute Gasteiger partial charge is 0.302 e. The van der Waals surface area contributed by atoms with E-state index < -0.39 is 6.17 Å². The lowest BCUT2D eigenvalue weighted by Crippen LogP contribution is -2.40. The van der Waals surface area contributed by atoms with E-state index in [1.807, 2.05) is 0 Å². The van der Waals surface area contributed by atoms with Gasteiger partial charge in [-0.15, -0.1) is 0 Å². The molecular weight excluding hydrogens is 203 g/mol. The summed E-state index contributed by atoms with van der Waals surface area (Å²) in [6.45, 7) is 8.66. The van der Waals surface area contributed by atoms with Crippen molar-refractivity contribution in [2.45, 2.75) is 38.8 Å². The predicted octanol–water partition coefficient (Wildman–Crippen LogP) is 2.15. The van der Waals surface area contributed by atoms with E-state index in [2.05, 4.69) is 16.7 Å². The summed E-state index contributed by atoms with van der Waals surface area (Å²) in [6.07, 6.45) is 4.25. The van der Waals surface area contributed by atoms with Crippen LogP contribution in [0.3, 0.4) is 0 Å². The molecule has 0 saturated carbocycles. The summed E-state index contributed by atoms with van der Waals surface area (Å²) in [5.74, 6) is 0.904. The van der Waals surface area contributed by atoms with Gasteiger partial charge in [0.25, 0.3) is 0 Å². The van der Waals surface area contributed by atoms with E-state index in [0.29, 0.717) is 6.54 Å². The van der Waals surface area contributed by atoms with Gasteiger partial charge in [-0.1, -0.05) is 13.3 Å². The molecule has 2 heterocycles. The maximum atomic E-state index is 13.0. The Bertz CT molecular complexity index is 210. The van der Waals surface area contributed by atoms with E-state index in [0.717, 1.165) is 32.0 Å². The normalized spacial score (nSPS) is 33.4. The van der Waals surface area contributed by atoms with E-state index in [1.165, 1.54) is 32.4 Å². The lowest BCUT2D eigenvalue weighted by Gasteiger charge is -2.33. The van der Waals surface area contributed by atoms with Crippen LogP contribution in [0.15, 0.2) is 0 Å². The lowest BCUT2D eigenvalue weighted by atomic mass is 9.96. The predicted molar refractivity (Wildman–Crippen MR) is 65.4 cm³/mol. The number of hydrogen-bond acceptors (Lipinski definition) is 2. The molecule has 0 aliphatic carbocycles. The number of rotatable bonds is 4. The van der Waals surface area contributed by atoms with Gasteiger partial charge in [0.1, 0.15) is 6.17 Å². The average Bonchev–Trinajstić information content (AvgIpc) is 2.73. The van der Waals surface area contributed by atoms with Crippen LogP contribution >= 0.6 is 0 Å². The number of nitrogens with zero attached hydrogens (tertiary/aromatic N) is 2. The van der Waals surface area contributed by atoms with Crippen LogP contribution in [0.25, 0.3) is 0 Å². The van der Waals surface area contributed by atoms with Gasteiger partial charge < -0.3 is 4.90 Å². The molecule has 0 aromatic rings. The third-order valence-electron chi connectivity index (χ3n) is 4.13. The summed E-state index contributed by atoms with van der Waals surface area (Å²) in [5.41, 5.74) is 0. The Labute approximate surface area is 98.8 Å². The van der Waals surface area contributed by atoms with Crippen LogP contribution in [0.2, 0.25) is 0 Å². The maximum Gasteiger partial charge on any atom is 0.114 e. The maximum absolute atomic E-state index is 13.0. The molecule has 16 heavy (non-hydrogen) atoms. The van der Waals surface area contributed by atoms with Crippen LogP contribution in [0.4, 0.5) is 4.39 Å². The van der Waals surface area contributed by atoms with Crippen molar-refractivity contribution < 1.29 is 4.39 Å². The quantitative estimate of drug-likeness (QED) is 0.727. The van der Waals surface area contributed by atoms with Gasteiger partial charge in [0, 0.05) is 32.7 Å². The smallest absolute Gasteiger partial charge is 0.114 e. The fourth-order valence-electron chi connectivity index (χ4n) is 2.96. The van der Waals surface area contributed by atoms with E-state index in [1.54, 1.807) is 0 Å². The summed E-state index contributed by atoms with van der Waals surface area (Å²) in [7, 11) is 0. The van der Waals surface area contributed by atoms with Crippen LogP contribution in [0.1, 0.15) is 32.6 Å². The zero-order chi connectivity index (χ0) is 11.4. The summed E-state index contributed by atoms with van der Waals surface area (Å²) >= 11 is 0. The van der Waals surface area contributed by atoms with Crippen LogP contribution in [0.5, 0.6) is 0 Å². The minimum absolute atomic E-state index is 0.565. The molecule has 0 aromatic heterocycles. The molecule has 0 aromatic carbocycles. The van der Waals surface area contributed by atoms with Crippen molar-refractivity contribution >= 4 is 0 Å². The number of piperidine rings is 1. The monoisotopic (exact) mass is 228 g/mol. The number of likely N-dealkylation sites (tertiary alicyclic amines) is 2. The standard InChI is InChI=1S/C13H25FN2/c1-2-12-4-3-6-15(10-12)8-9-16-7-5-13(14)11-16/h12-13H,2-11H2,1H3/t12-,13+/m0/s1. The molecule has 2 nitrogen and oxygen atoms in total. The first-order valence-corrected chi connectivity index (χ1v) is 6.86. The Kier molecular flexibility index (Phi) is 4.59. The van der Waals surface area contributed by atoms with Gasteiger partial charge in [-0.2, -0.15) is 0 Å². The van der Waals surface area contributed by atoms with Crippen LogP contribution in [-0.4, -0.2) is 55.2 Å². The highest BCUT2D eigenvalue weighted by Crippen LogP contribution is 2.19. The summed E-state index contributed by atoms with van der Waals surface area (Å²) in [5, 5.41) is 0. The zero-order valence-electron chi connectivity index (χ0n) is 10.5. The average molecular weight is 228 g/mol. The Morgan fingerprint density at radius 2 is 1.81 bits per heavy atom. The SMILES string of the molecule is CC[C@H]1CCCN(CCN2CC[C@@H](F)C2)C1. The van der Waals surface area contributed by atoms with Gasteiger partial charge in [0.05, 0.1) is 0 Å². The molecule has 2 aliphatic heterocycles. The van der Waals surface area contributed by atoms with Crippen LogP contribution in [-0.2, 0) is 0 Å². The Hall–Kier alpha value is -0.150. The fourth-order valence-corrected chi connectivity index (χ4v) is 2.96. The van der Waals surface area contributed by atoms with Crippen molar-refractivity contribution in [3.05, 3.63) is 0 Å². The molecule has 3 heteroatoms. The Balaban J connectivity index is 1.65. The molecule has 0 N–H and O–H groups in total. The summed E-state index contributed by atoms with van der Waals surface area (Å²) < 4.78 is 13.0. The van der Waals surface area contributed by atoms with Crippen molar-refractivity contribution in [3.8, 4) is 0 Å². The second-order valence-electron chi connectivity index (χ2n) is 5.40. The van der Waals surface area contributed by atoms with E-state index in [4.69, 9.17) is 0 Å². The third-order valence-corrected chi connectivity index (χ3v) is 4.13. The second kappa shape index (κ2) is 5.97. The van der Waals surface area contributed by atoms with Crippen LogP contribution < -0.4 is 0 Å². The van der Waals surface area contributed by atoms with Crippen molar-refractivity contribution in [3.63, 3.8) is 0 Å². The molecule has 2 atom stereocenters. The Morgan fingerprint density at radius 3 is 2.44 bits per heavy atom. The van der Waals surface area contributed by atoms with Gasteiger partial charge in [-0.25, -0.2) is 4.39 Å². The van der Waals surface area contributed by atoms with Crippen molar-refractivity contribution in [2.75, 3.05) is 39.3 Å². The first-order chi connectivity index (χ1) is 7.78. The van der Waals surface area contributed by atoms with Gasteiger partial charge in [0.2, 0.25) is 0 Å². The molecular formula is C13H25FN2. The molecule has 2 rings (SSSR count). The van der Waals surface area contributed by atoms with Gasteiger partial charge in [0.15, 0.2) is 0 Å². The summed E-state index contributed by atoms with van der Waals surface area (Å²) in [6, 6.07) is 0. The zero-order valence-corrected chi connectivity index (χ0v) is 10.5. The van der Waals surface area contributed by atoms with E-state index >= 15 is 0 Å². The minimum atomic E-state index is -0.565. The molecule has 0 bridgehead atoms. The van der Waals surface area contributed by atoms with Crippen molar-refractivity contribution in [1.29, 1.82) is 0 Å². The molecule has 2 aliphatic rings. The molecule has 0 radical (unpaired) electrons. The molecule has 2 saturated heterocycles. The van der Waals surface area contributed by atoms with Crippen LogP contribution in [0, 0.1) is 5.92 Å². The molecule has 94 valence electrons. The van der Waals surface area contributed by atoms with E-state index in [9.17, 15) is 4.39 Å². The molecule has 2 fully saturated rings. The van der Waals surface area contributed by atoms with Crippen molar-refractivity contribution in [1.82, 2.24) is 9.80 Å².